The number of thiol groups is 1. The molecule has 2 nitrogen and oxygen atoms in total. The Kier molecular flexibility index (Phi) is 5.01. The van der Waals surface area contributed by atoms with E-state index < -0.39 is 0 Å². The summed E-state index contributed by atoms with van der Waals surface area (Å²) in [6.45, 7) is 2.19. The van der Waals surface area contributed by atoms with Gasteiger partial charge in [-0.3, -0.25) is 4.79 Å². The van der Waals surface area contributed by atoms with E-state index in [-0.39, 0.29) is 5.91 Å². The predicted molar refractivity (Wildman–Crippen MR) is 80.7 cm³/mol. The Morgan fingerprint density at radius 3 is 2.94 bits per heavy atom. The van der Waals surface area contributed by atoms with Gasteiger partial charge in [0, 0.05) is 16.2 Å². The minimum Gasteiger partial charge on any atom is -0.349 e. The second-order valence-corrected chi connectivity index (χ2v) is 6.64. The molecule has 1 saturated carbocycles. The van der Waals surface area contributed by atoms with E-state index in [9.17, 15) is 4.79 Å². The summed E-state index contributed by atoms with van der Waals surface area (Å²) in [6.07, 6.45) is 3.41. The van der Waals surface area contributed by atoms with Crippen LogP contribution in [0.5, 0.6) is 0 Å². The van der Waals surface area contributed by atoms with E-state index in [1.165, 1.54) is 6.42 Å². The number of carbonyl (C=O) groups excluding carboxylic acids is 1. The molecule has 1 aromatic carbocycles. The Bertz CT molecular complexity index is 422. The van der Waals surface area contributed by atoms with Crippen LogP contribution in [0.15, 0.2) is 29.2 Å². The Balaban J connectivity index is 1.91. The highest BCUT2D eigenvalue weighted by Gasteiger charge is 2.26. The van der Waals surface area contributed by atoms with Gasteiger partial charge in [0.1, 0.15) is 0 Å². The molecule has 1 N–H and O–H groups in total. The van der Waals surface area contributed by atoms with Gasteiger partial charge in [-0.1, -0.05) is 19.1 Å². The molecule has 18 heavy (non-hydrogen) atoms. The van der Waals surface area contributed by atoms with Crippen LogP contribution < -0.4 is 5.32 Å². The Morgan fingerprint density at radius 2 is 2.22 bits per heavy atom. The lowest BCUT2D eigenvalue weighted by molar-refractivity contribution is 0.0935. The molecule has 0 aromatic heterocycles. The number of rotatable bonds is 4. The van der Waals surface area contributed by atoms with Crippen LogP contribution in [0.25, 0.3) is 0 Å². The first-order chi connectivity index (χ1) is 8.70. The molecule has 4 heteroatoms. The van der Waals surface area contributed by atoms with Gasteiger partial charge in [0.2, 0.25) is 0 Å². The van der Waals surface area contributed by atoms with Crippen LogP contribution in [-0.2, 0) is 0 Å². The van der Waals surface area contributed by atoms with Gasteiger partial charge >= 0.3 is 0 Å². The second kappa shape index (κ2) is 6.53. The van der Waals surface area contributed by atoms with E-state index in [4.69, 9.17) is 0 Å². The van der Waals surface area contributed by atoms with E-state index in [2.05, 4.69) is 24.9 Å². The van der Waals surface area contributed by atoms with Gasteiger partial charge in [-0.05, 0) is 37.1 Å². The second-order valence-electron chi connectivity index (χ2n) is 4.58. The molecular weight excluding hydrogens is 262 g/mol. The lowest BCUT2D eigenvalue weighted by Crippen LogP contribution is -2.33. The monoisotopic (exact) mass is 281 g/mol. The Labute approximate surface area is 118 Å². The van der Waals surface area contributed by atoms with Gasteiger partial charge in [-0.15, -0.1) is 12.6 Å². The molecule has 0 saturated heterocycles. The topological polar surface area (TPSA) is 29.1 Å². The molecule has 0 heterocycles. The summed E-state index contributed by atoms with van der Waals surface area (Å²) in [6, 6.07) is 7.77. The van der Waals surface area contributed by atoms with Crippen LogP contribution in [0.2, 0.25) is 0 Å². The van der Waals surface area contributed by atoms with Crippen LogP contribution >= 0.6 is 24.4 Å². The van der Waals surface area contributed by atoms with E-state index in [0.29, 0.717) is 16.9 Å². The fraction of sp³-hybridized carbons (Fsp3) is 0.500. The zero-order valence-electron chi connectivity index (χ0n) is 10.6. The van der Waals surface area contributed by atoms with Gasteiger partial charge in [-0.2, -0.15) is 11.8 Å². The molecular formula is C14H19NOS2. The van der Waals surface area contributed by atoms with Crippen LogP contribution in [0.3, 0.4) is 0 Å². The quantitative estimate of drug-likeness (QED) is 0.829. The summed E-state index contributed by atoms with van der Waals surface area (Å²) in [4.78, 5) is 12.9. The fourth-order valence-corrected chi connectivity index (χ4v) is 3.79. The molecule has 98 valence electrons. The number of carbonyl (C=O) groups is 1. The summed E-state index contributed by atoms with van der Waals surface area (Å²) in [5.74, 6) is 1.16. The summed E-state index contributed by atoms with van der Waals surface area (Å²) in [7, 11) is 0. The van der Waals surface area contributed by atoms with E-state index in [1.807, 2.05) is 36.0 Å². The van der Waals surface area contributed by atoms with Gasteiger partial charge in [-0.25, -0.2) is 0 Å². The van der Waals surface area contributed by atoms with Gasteiger partial charge < -0.3 is 5.32 Å². The van der Waals surface area contributed by atoms with Gasteiger partial charge in [0.15, 0.2) is 0 Å². The highest BCUT2D eigenvalue weighted by molar-refractivity contribution is 7.99. The molecule has 0 spiro atoms. The van der Waals surface area contributed by atoms with Gasteiger partial charge in [0.25, 0.3) is 5.91 Å². The third-order valence-corrected chi connectivity index (χ3v) is 4.89. The minimum absolute atomic E-state index is 0.00717. The molecule has 1 aliphatic rings. The Morgan fingerprint density at radius 1 is 1.44 bits per heavy atom. The maximum atomic E-state index is 12.1. The van der Waals surface area contributed by atoms with Crippen LogP contribution in [0.4, 0.5) is 0 Å². The number of hydrogen-bond donors (Lipinski definition) is 2. The molecule has 0 aliphatic heterocycles. The van der Waals surface area contributed by atoms with Crippen molar-refractivity contribution in [3.63, 3.8) is 0 Å². The van der Waals surface area contributed by atoms with Crippen LogP contribution in [0.1, 0.15) is 36.5 Å². The number of hydrogen-bond acceptors (Lipinski definition) is 3. The van der Waals surface area contributed by atoms with Crippen molar-refractivity contribution in [2.75, 3.05) is 5.75 Å². The Hall–Kier alpha value is -0.610. The van der Waals surface area contributed by atoms with Crippen molar-refractivity contribution in [2.24, 2.45) is 0 Å². The van der Waals surface area contributed by atoms with Crippen molar-refractivity contribution in [3.8, 4) is 0 Å². The smallest absolute Gasteiger partial charge is 0.252 e. The van der Waals surface area contributed by atoms with Crippen LogP contribution in [0, 0.1) is 0 Å². The first-order valence-electron chi connectivity index (χ1n) is 6.41. The number of thioether (sulfide) groups is 1. The third-order valence-electron chi connectivity index (χ3n) is 3.27. The lowest BCUT2D eigenvalue weighted by atomic mass is 10.2. The molecule has 0 bridgehead atoms. The maximum absolute atomic E-state index is 12.1. The molecule has 0 radical (unpaired) electrons. The van der Waals surface area contributed by atoms with Crippen molar-refractivity contribution in [1.29, 1.82) is 0 Å². The lowest BCUT2D eigenvalue weighted by Gasteiger charge is -2.14. The first kappa shape index (κ1) is 13.8. The number of nitrogens with one attached hydrogen (secondary N) is 1. The van der Waals surface area contributed by atoms with Crippen molar-refractivity contribution in [2.45, 2.75) is 42.4 Å². The minimum atomic E-state index is 0.00717. The summed E-state index contributed by atoms with van der Waals surface area (Å²) in [5, 5.41) is 3.84. The number of benzene rings is 1. The van der Waals surface area contributed by atoms with Crippen molar-refractivity contribution in [1.82, 2.24) is 5.32 Å². The predicted octanol–water partition coefficient (Wildman–Crippen LogP) is 3.38. The summed E-state index contributed by atoms with van der Waals surface area (Å²) < 4.78 is 0. The standard InChI is InChI=1S/C14H19NOS2/c1-2-18-11-8-7-10(9-11)15-14(16)12-5-3-4-6-13(12)17/h3-6,10-11,17H,2,7-9H2,1H3,(H,15,16). The summed E-state index contributed by atoms with van der Waals surface area (Å²) >= 11 is 6.32. The SMILES string of the molecule is CCSC1CCC(NC(=O)c2ccccc2S)C1. The molecule has 1 aromatic rings. The maximum Gasteiger partial charge on any atom is 0.252 e. The molecule has 1 amide bonds. The van der Waals surface area contributed by atoms with E-state index in [0.717, 1.165) is 23.5 Å². The largest absolute Gasteiger partial charge is 0.349 e. The zero-order valence-corrected chi connectivity index (χ0v) is 12.3. The first-order valence-corrected chi connectivity index (χ1v) is 7.90. The highest BCUT2D eigenvalue weighted by atomic mass is 32.2. The van der Waals surface area contributed by atoms with E-state index >= 15 is 0 Å². The van der Waals surface area contributed by atoms with Crippen molar-refractivity contribution in [3.05, 3.63) is 29.8 Å². The highest BCUT2D eigenvalue weighted by Crippen LogP contribution is 2.30. The fourth-order valence-electron chi connectivity index (χ4n) is 2.39. The average molecular weight is 281 g/mol. The molecule has 1 aliphatic carbocycles. The van der Waals surface area contributed by atoms with E-state index in [1.54, 1.807) is 0 Å². The molecule has 2 atom stereocenters. The van der Waals surface area contributed by atoms with Crippen LogP contribution in [-0.4, -0.2) is 23.0 Å². The molecule has 1 fully saturated rings. The summed E-state index contributed by atoms with van der Waals surface area (Å²) in [5.41, 5.74) is 0.674. The van der Waals surface area contributed by atoms with Crippen molar-refractivity contribution >= 4 is 30.3 Å². The van der Waals surface area contributed by atoms with Crippen molar-refractivity contribution < 1.29 is 4.79 Å². The molecule has 2 unspecified atom stereocenters. The number of amides is 1. The normalized spacial score (nSPS) is 23.0. The van der Waals surface area contributed by atoms with Gasteiger partial charge in [0.05, 0.1) is 5.56 Å². The molecule has 2 rings (SSSR count). The third kappa shape index (κ3) is 3.45. The average Bonchev–Trinajstić information content (AvgIpc) is 2.77. The zero-order chi connectivity index (χ0) is 13.0.